The molecule has 104 valence electrons. The van der Waals surface area contributed by atoms with Crippen LogP contribution >= 0.6 is 0 Å². The van der Waals surface area contributed by atoms with Crippen molar-refractivity contribution in [3.63, 3.8) is 0 Å². The lowest BCUT2D eigenvalue weighted by atomic mass is 10.0. The van der Waals surface area contributed by atoms with Gasteiger partial charge in [-0.1, -0.05) is 43.2 Å². The van der Waals surface area contributed by atoms with Crippen LogP contribution in [0.25, 0.3) is 0 Å². The Morgan fingerprint density at radius 1 is 1.21 bits per heavy atom. The fourth-order valence-corrected chi connectivity index (χ4v) is 3.10. The van der Waals surface area contributed by atoms with Crippen molar-refractivity contribution in [3.8, 4) is 0 Å². The number of hydrogen-bond donors (Lipinski definition) is 1. The molecule has 1 aliphatic carbocycles. The second-order valence-electron chi connectivity index (χ2n) is 6.37. The summed E-state index contributed by atoms with van der Waals surface area (Å²) in [5.41, 5.74) is 1.46. The van der Waals surface area contributed by atoms with Crippen LogP contribution < -0.4 is 5.32 Å². The molecular weight excluding hydrogens is 232 g/mol. The highest BCUT2D eigenvalue weighted by atomic mass is 15.2. The monoisotopic (exact) mass is 258 g/mol. The molecule has 1 N–H and O–H groups in total. The summed E-state index contributed by atoms with van der Waals surface area (Å²) in [5, 5.41) is 3.71. The number of rotatable bonds is 5. The highest BCUT2D eigenvalue weighted by molar-refractivity contribution is 5.16. The highest BCUT2D eigenvalue weighted by Crippen LogP contribution is 2.32. The van der Waals surface area contributed by atoms with Crippen molar-refractivity contribution < 1.29 is 0 Å². The lowest BCUT2D eigenvalue weighted by Gasteiger charge is -2.39. The van der Waals surface area contributed by atoms with Gasteiger partial charge in [-0.25, -0.2) is 0 Å². The van der Waals surface area contributed by atoms with Crippen molar-refractivity contribution in [1.82, 2.24) is 10.2 Å². The van der Waals surface area contributed by atoms with Gasteiger partial charge in [-0.15, -0.1) is 0 Å². The van der Waals surface area contributed by atoms with Crippen LogP contribution in [0, 0.1) is 5.92 Å². The summed E-state index contributed by atoms with van der Waals surface area (Å²) >= 11 is 0. The predicted molar refractivity (Wildman–Crippen MR) is 80.3 cm³/mol. The molecule has 1 heterocycles. The van der Waals surface area contributed by atoms with Gasteiger partial charge in [0.2, 0.25) is 0 Å². The van der Waals surface area contributed by atoms with E-state index in [0.29, 0.717) is 12.1 Å². The Balaban J connectivity index is 1.51. The number of piperazine rings is 1. The summed E-state index contributed by atoms with van der Waals surface area (Å²) in [6.07, 6.45) is 5.54. The van der Waals surface area contributed by atoms with Crippen molar-refractivity contribution >= 4 is 0 Å². The third-order valence-electron chi connectivity index (χ3n) is 4.63. The van der Waals surface area contributed by atoms with E-state index in [1.165, 1.54) is 37.9 Å². The SMILES string of the molecule is CC1CNC(Cc2ccccc2)CN1CCC1CC1. The van der Waals surface area contributed by atoms with Crippen molar-refractivity contribution in [2.75, 3.05) is 19.6 Å². The van der Waals surface area contributed by atoms with Crippen molar-refractivity contribution in [2.45, 2.75) is 44.7 Å². The molecule has 2 fully saturated rings. The first kappa shape index (κ1) is 13.1. The van der Waals surface area contributed by atoms with Crippen LogP contribution in [0.3, 0.4) is 0 Å². The van der Waals surface area contributed by atoms with Gasteiger partial charge in [-0.05, 0) is 37.8 Å². The number of nitrogens with zero attached hydrogens (tertiary/aromatic N) is 1. The van der Waals surface area contributed by atoms with Crippen molar-refractivity contribution in [3.05, 3.63) is 35.9 Å². The van der Waals surface area contributed by atoms with Crippen LogP contribution in [0.4, 0.5) is 0 Å². The Kier molecular flexibility index (Phi) is 4.19. The van der Waals surface area contributed by atoms with Crippen LogP contribution in [-0.4, -0.2) is 36.6 Å². The maximum absolute atomic E-state index is 3.71. The first-order valence-corrected chi connectivity index (χ1v) is 7.82. The molecule has 2 heteroatoms. The Labute approximate surface area is 117 Å². The Bertz CT molecular complexity index is 386. The molecule has 2 unspecified atom stereocenters. The van der Waals surface area contributed by atoms with E-state index in [1.54, 1.807) is 0 Å². The summed E-state index contributed by atoms with van der Waals surface area (Å²) in [6, 6.07) is 12.2. The first-order chi connectivity index (χ1) is 9.31. The van der Waals surface area contributed by atoms with E-state index in [2.05, 4.69) is 47.5 Å². The molecule has 0 spiro atoms. The lowest BCUT2D eigenvalue weighted by Crippen LogP contribution is -2.56. The van der Waals surface area contributed by atoms with E-state index in [9.17, 15) is 0 Å². The second kappa shape index (κ2) is 6.06. The normalized spacial score (nSPS) is 28.5. The topological polar surface area (TPSA) is 15.3 Å². The van der Waals surface area contributed by atoms with Gasteiger partial charge in [0.1, 0.15) is 0 Å². The molecule has 2 aliphatic rings. The average molecular weight is 258 g/mol. The number of nitrogens with one attached hydrogen (secondary N) is 1. The second-order valence-corrected chi connectivity index (χ2v) is 6.37. The largest absolute Gasteiger partial charge is 0.311 e. The molecule has 19 heavy (non-hydrogen) atoms. The van der Waals surface area contributed by atoms with Gasteiger partial charge in [-0.2, -0.15) is 0 Å². The van der Waals surface area contributed by atoms with Gasteiger partial charge >= 0.3 is 0 Å². The Morgan fingerprint density at radius 2 is 2.00 bits per heavy atom. The van der Waals surface area contributed by atoms with Gasteiger partial charge in [0.15, 0.2) is 0 Å². The molecule has 1 aromatic carbocycles. The van der Waals surface area contributed by atoms with Crippen LogP contribution in [-0.2, 0) is 6.42 Å². The first-order valence-electron chi connectivity index (χ1n) is 7.82. The van der Waals surface area contributed by atoms with Gasteiger partial charge in [0.25, 0.3) is 0 Å². The predicted octanol–water partition coefficient (Wildman–Crippen LogP) is 2.69. The molecular formula is C17H26N2. The van der Waals surface area contributed by atoms with E-state index >= 15 is 0 Å². The van der Waals surface area contributed by atoms with E-state index in [0.717, 1.165) is 18.9 Å². The molecule has 2 nitrogen and oxygen atoms in total. The molecule has 0 aromatic heterocycles. The van der Waals surface area contributed by atoms with Crippen molar-refractivity contribution in [2.24, 2.45) is 5.92 Å². The molecule has 3 rings (SSSR count). The van der Waals surface area contributed by atoms with E-state index < -0.39 is 0 Å². The third-order valence-corrected chi connectivity index (χ3v) is 4.63. The van der Waals surface area contributed by atoms with Crippen molar-refractivity contribution in [1.29, 1.82) is 0 Å². The maximum atomic E-state index is 3.71. The van der Waals surface area contributed by atoms with Gasteiger partial charge in [0.05, 0.1) is 0 Å². The van der Waals surface area contributed by atoms with Crippen LogP contribution in [0.1, 0.15) is 31.7 Å². The molecule has 1 saturated heterocycles. The molecule has 2 atom stereocenters. The smallest absolute Gasteiger partial charge is 0.0236 e. The van der Waals surface area contributed by atoms with E-state index in [1.807, 2.05) is 0 Å². The number of hydrogen-bond acceptors (Lipinski definition) is 2. The molecule has 0 bridgehead atoms. The average Bonchev–Trinajstić information content (AvgIpc) is 3.25. The minimum Gasteiger partial charge on any atom is -0.311 e. The van der Waals surface area contributed by atoms with Gasteiger partial charge < -0.3 is 5.32 Å². The standard InChI is InChI=1S/C17H26N2/c1-14-12-18-17(11-16-5-3-2-4-6-16)13-19(14)10-9-15-7-8-15/h2-6,14-15,17-18H,7-13H2,1H3. The Hall–Kier alpha value is -0.860. The molecule has 0 radical (unpaired) electrons. The van der Waals surface area contributed by atoms with E-state index in [4.69, 9.17) is 0 Å². The van der Waals surface area contributed by atoms with E-state index in [-0.39, 0.29) is 0 Å². The summed E-state index contributed by atoms with van der Waals surface area (Å²) in [4.78, 5) is 2.70. The fraction of sp³-hybridized carbons (Fsp3) is 0.647. The quantitative estimate of drug-likeness (QED) is 0.873. The zero-order chi connectivity index (χ0) is 13.1. The highest BCUT2D eigenvalue weighted by Gasteiger charge is 2.27. The zero-order valence-corrected chi connectivity index (χ0v) is 12.0. The van der Waals surface area contributed by atoms with Crippen LogP contribution in [0.5, 0.6) is 0 Å². The molecule has 1 saturated carbocycles. The number of benzene rings is 1. The summed E-state index contributed by atoms with van der Waals surface area (Å²) in [6.45, 7) is 6.02. The summed E-state index contributed by atoms with van der Waals surface area (Å²) in [7, 11) is 0. The Morgan fingerprint density at radius 3 is 2.74 bits per heavy atom. The summed E-state index contributed by atoms with van der Waals surface area (Å²) < 4.78 is 0. The van der Waals surface area contributed by atoms with Crippen LogP contribution in [0.2, 0.25) is 0 Å². The zero-order valence-electron chi connectivity index (χ0n) is 12.0. The van der Waals surface area contributed by atoms with Crippen LogP contribution in [0.15, 0.2) is 30.3 Å². The molecule has 0 amide bonds. The third kappa shape index (κ3) is 3.80. The lowest BCUT2D eigenvalue weighted by molar-refractivity contribution is 0.137. The molecule has 1 aliphatic heterocycles. The van der Waals surface area contributed by atoms with Gasteiger partial charge in [0, 0.05) is 25.2 Å². The van der Waals surface area contributed by atoms with Gasteiger partial charge in [-0.3, -0.25) is 4.90 Å². The minimum atomic E-state index is 0.623. The maximum Gasteiger partial charge on any atom is 0.0236 e. The molecule has 1 aromatic rings. The fourth-order valence-electron chi connectivity index (χ4n) is 3.10. The minimum absolute atomic E-state index is 0.623. The summed E-state index contributed by atoms with van der Waals surface area (Å²) in [5.74, 6) is 1.05.